The van der Waals surface area contributed by atoms with Crippen molar-refractivity contribution in [3.05, 3.63) is 23.3 Å². The minimum absolute atomic E-state index is 0. The summed E-state index contributed by atoms with van der Waals surface area (Å²) in [6.45, 7) is 6.18. The lowest BCUT2D eigenvalue weighted by atomic mass is 10.1. The fourth-order valence-electron chi connectivity index (χ4n) is 1.53. The number of allylic oxidation sites excluding steroid dienone is 1. The molecule has 4 heteroatoms. The van der Waals surface area contributed by atoms with Gasteiger partial charge in [0.05, 0.1) is 0 Å². The van der Waals surface area contributed by atoms with Gasteiger partial charge >= 0.3 is 5.97 Å². The van der Waals surface area contributed by atoms with Gasteiger partial charge in [-0.2, -0.15) is 0 Å². The minimum Gasteiger partial charge on any atom is -0.458 e. The lowest BCUT2D eigenvalue weighted by Crippen LogP contribution is -2.27. The maximum absolute atomic E-state index is 11.2. The molecular weight excluding hydrogens is 226 g/mol. The Morgan fingerprint density at radius 2 is 2.25 bits per heavy atom. The maximum Gasteiger partial charge on any atom is 0.330 e. The van der Waals surface area contributed by atoms with E-state index in [9.17, 15) is 4.79 Å². The van der Waals surface area contributed by atoms with Crippen LogP contribution < -0.4 is 0 Å². The molecule has 0 bridgehead atoms. The standard InChI is InChI=1S/C12H19NO2.ClH/c1-10(2)7-12(14)15-9-11-5-4-6-13(3)8-11;/h5,7H,4,6,8-9H2,1-3H3;1H. The van der Waals surface area contributed by atoms with Crippen molar-refractivity contribution >= 4 is 18.4 Å². The first-order chi connectivity index (χ1) is 7.08. The molecule has 1 aliphatic heterocycles. The Bertz CT molecular complexity index is 293. The van der Waals surface area contributed by atoms with E-state index in [2.05, 4.69) is 18.0 Å². The summed E-state index contributed by atoms with van der Waals surface area (Å²) in [4.78, 5) is 13.5. The molecule has 0 aromatic carbocycles. The Labute approximate surface area is 104 Å². The van der Waals surface area contributed by atoms with Gasteiger partial charge in [-0.05, 0) is 32.9 Å². The molecule has 1 rings (SSSR count). The molecule has 16 heavy (non-hydrogen) atoms. The molecule has 0 saturated carbocycles. The molecular formula is C12H20ClNO2. The van der Waals surface area contributed by atoms with Crippen LogP contribution in [0.2, 0.25) is 0 Å². The number of carbonyl (C=O) groups is 1. The zero-order chi connectivity index (χ0) is 11.3. The summed E-state index contributed by atoms with van der Waals surface area (Å²) in [6.07, 6.45) is 4.73. The number of rotatable bonds is 3. The van der Waals surface area contributed by atoms with Crippen molar-refractivity contribution in [2.45, 2.75) is 20.3 Å². The first-order valence-electron chi connectivity index (χ1n) is 5.26. The summed E-state index contributed by atoms with van der Waals surface area (Å²) in [5, 5.41) is 0. The molecule has 0 radical (unpaired) electrons. The summed E-state index contributed by atoms with van der Waals surface area (Å²) in [6, 6.07) is 0. The van der Waals surface area contributed by atoms with Gasteiger partial charge in [0.2, 0.25) is 0 Å². The van der Waals surface area contributed by atoms with Crippen LogP contribution in [-0.4, -0.2) is 37.6 Å². The van der Waals surface area contributed by atoms with Crippen molar-refractivity contribution in [1.29, 1.82) is 0 Å². The first kappa shape index (κ1) is 15.2. The number of nitrogens with zero attached hydrogens (tertiary/aromatic N) is 1. The molecule has 0 fully saturated rings. The van der Waals surface area contributed by atoms with Crippen LogP contribution in [-0.2, 0) is 9.53 Å². The van der Waals surface area contributed by atoms with E-state index in [1.54, 1.807) is 0 Å². The highest BCUT2D eigenvalue weighted by atomic mass is 35.5. The van der Waals surface area contributed by atoms with Crippen LogP contribution in [0.15, 0.2) is 23.3 Å². The van der Waals surface area contributed by atoms with Crippen molar-refractivity contribution in [2.75, 3.05) is 26.7 Å². The molecule has 0 aromatic rings. The molecule has 0 saturated heterocycles. The van der Waals surface area contributed by atoms with Crippen LogP contribution in [0.4, 0.5) is 0 Å². The third-order valence-electron chi connectivity index (χ3n) is 2.22. The van der Waals surface area contributed by atoms with Gasteiger partial charge in [-0.25, -0.2) is 4.79 Å². The van der Waals surface area contributed by atoms with Crippen LogP contribution >= 0.6 is 12.4 Å². The molecule has 1 heterocycles. The van der Waals surface area contributed by atoms with Crippen LogP contribution in [0.5, 0.6) is 0 Å². The average molecular weight is 246 g/mol. The number of carbonyl (C=O) groups excluding carboxylic acids is 1. The minimum atomic E-state index is -0.246. The van der Waals surface area contributed by atoms with Gasteiger partial charge in [0.15, 0.2) is 0 Å². The van der Waals surface area contributed by atoms with Gasteiger partial charge < -0.3 is 9.64 Å². The quantitative estimate of drug-likeness (QED) is 0.434. The van der Waals surface area contributed by atoms with E-state index in [0.717, 1.165) is 25.1 Å². The Kier molecular flexibility index (Phi) is 7.10. The predicted octanol–water partition coefficient (Wildman–Crippen LogP) is 2.18. The fourth-order valence-corrected chi connectivity index (χ4v) is 1.53. The third-order valence-corrected chi connectivity index (χ3v) is 2.22. The van der Waals surface area contributed by atoms with E-state index in [4.69, 9.17) is 4.74 Å². The Morgan fingerprint density at radius 3 is 2.81 bits per heavy atom. The Balaban J connectivity index is 0.00000225. The van der Waals surface area contributed by atoms with Gasteiger partial charge in [-0.15, -0.1) is 12.4 Å². The highest BCUT2D eigenvalue weighted by Gasteiger charge is 2.09. The maximum atomic E-state index is 11.2. The van der Waals surface area contributed by atoms with Gasteiger partial charge in [0.1, 0.15) is 6.61 Å². The summed E-state index contributed by atoms with van der Waals surface area (Å²) in [5.41, 5.74) is 2.16. The molecule has 0 spiro atoms. The molecule has 0 aromatic heterocycles. The Morgan fingerprint density at radius 1 is 1.56 bits per heavy atom. The highest BCUT2D eigenvalue weighted by Crippen LogP contribution is 2.08. The van der Waals surface area contributed by atoms with Gasteiger partial charge in [0.25, 0.3) is 0 Å². The zero-order valence-corrected chi connectivity index (χ0v) is 11.0. The number of halogens is 1. The van der Waals surface area contributed by atoms with Crippen LogP contribution in [0, 0.1) is 0 Å². The molecule has 0 N–H and O–H groups in total. The first-order valence-corrected chi connectivity index (χ1v) is 5.26. The average Bonchev–Trinajstić information content (AvgIpc) is 2.14. The lowest BCUT2D eigenvalue weighted by molar-refractivity contribution is -0.136. The van der Waals surface area contributed by atoms with Crippen LogP contribution in [0.25, 0.3) is 0 Å². The molecule has 1 aliphatic rings. The number of ether oxygens (including phenoxy) is 1. The molecule has 92 valence electrons. The SMILES string of the molecule is CC(C)=CC(=O)OCC1=CCCN(C)C1.Cl. The second-order valence-corrected chi connectivity index (χ2v) is 4.22. The van der Waals surface area contributed by atoms with Crippen LogP contribution in [0.1, 0.15) is 20.3 Å². The molecule has 0 amide bonds. The summed E-state index contributed by atoms with van der Waals surface area (Å²) in [5.74, 6) is -0.246. The van der Waals surface area contributed by atoms with Crippen molar-refractivity contribution in [2.24, 2.45) is 0 Å². The van der Waals surface area contributed by atoms with Crippen molar-refractivity contribution < 1.29 is 9.53 Å². The van der Waals surface area contributed by atoms with Crippen LogP contribution in [0.3, 0.4) is 0 Å². The molecule has 0 atom stereocenters. The number of esters is 1. The van der Waals surface area contributed by atoms with Gasteiger partial charge in [-0.1, -0.05) is 11.6 Å². The monoisotopic (exact) mass is 245 g/mol. The highest BCUT2D eigenvalue weighted by molar-refractivity contribution is 5.85. The van der Waals surface area contributed by atoms with E-state index >= 15 is 0 Å². The van der Waals surface area contributed by atoms with E-state index in [-0.39, 0.29) is 18.4 Å². The largest absolute Gasteiger partial charge is 0.458 e. The smallest absolute Gasteiger partial charge is 0.330 e. The molecule has 3 nitrogen and oxygen atoms in total. The lowest BCUT2D eigenvalue weighted by Gasteiger charge is -2.22. The summed E-state index contributed by atoms with van der Waals surface area (Å²) in [7, 11) is 2.07. The normalized spacial score (nSPS) is 15.8. The predicted molar refractivity (Wildman–Crippen MR) is 67.8 cm³/mol. The summed E-state index contributed by atoms with van der Waals surface area (Å²) < 4.78 is 5.13. The molecule has 0 aliphatic carbocycles. The molecule has 0 unspecified atom stereocenters. The van der Waals surface area contributed by atoms with Crippen molar-refractivity contribution in [1.82, 2.24) is 4.90 Å². The summed E-state index contributed by atoms with van der Waals surface area (Å²) >= 11 is 0. The zero-order valence-electron chi connectivity index (χ0n) is 10.2. The third kappa shape index (κ3) is 5.93. The van der Waals surface area contributed by atoms with E-state index in [1.165, 1.54) is 11.6 Å². The Hall–Kier alpha value is -0.800. The number of hydrogen-bond acceptors (Lipinski definition) is 3. The van der Waals surface area contributed by atoms with Crippen molar-refractivity contribution in [3.8, 4) is 0 Å². The second-order valence-electron chi connectivity index (χ2n) is 4.22. The van der Waals surface area contributed by atoms with E-state index in [0.29, 0.717) is 6.61 Å². The topological polar surface area (TPSA) is 29.5 Å². The number of hydrogen-bond donors (Lipinski definition) is 0. The number of likely N-dealkylation sites (N-methyl/N-ethyl adjacent to an activating group) is 1. The fraction of sp³-hybridized carbons (Fsp3) is 0.583. The van der Waals surface area contributed by atoms with Crippen molar-refractivity contribution in [3.63, 3.8) is 0 Å². The van der Waals surface area contributed by atoms with E-state index < -0.39 is 0 Å². The van der Waals surface area contributed by atoms with E-state index in [1.807, 2.05) is 13.8 Å². The van der Waals surface area contributed by atoms with Gasteiger partial charge in [0, 0.05) is 19.2 Å². The second kappa shape index (κ2) is 7.47. The van der Waals surface area contributed by atoms with Gasteiger partial charge in [-0.3, -0.25) is 0 Å².